The van der Waals surface area contributed by atoms with Crippen LogP contribution in [0.1, 0.15) is 0 Å². The lowest BCUT2D eigenvalue weighted by Crippen LogP contribution is -2.64. The summed E-state index contributed by atoms with van der Waals surface area (Å²) in [5.41, 5.74) is 0. The molecule has 4 heteroatoms. The Bertz CT molecular complexity index is 737. The van der Waals surface area contributed by atoms with Crippen molar-refractivity contribution in [3.05, 3.63) is 91.0 Å². The molecule has 0 aliphatic heterocycles. The van der Waals surface area contributed by atoms with Crippen LogP contribution in [-0.4, -0.2) is 15.9 Å². The molecule has 0 fully saturated rings. The maximum absolute atomic E-state index is 7.00. The van der Waals surface area contributed by atoms with Gasteiger partial charge in [-0.15, -0.1) is 11.1 Å². The summed E-state index contributed by atoms with van der Waals surface area (Å²) in [5, 5.41) is 3.59. The highest BCUT2D eigenvalue weighted by atomic mass is 35.6. The van der Waals surface area contributed by atoms with Crippen molar-refractivity contribution < 1.29 is 4.12 Å². The van der Waals surface area contributed by atoms with Crippen LogP contribution in [-0.2, 0) is 4.12 Å². The van der Waals surface area contributed by atoms with E-state index in [9.17, 15) is 0 Å². The normalized spacial score (nSPS) is 14.1. The van der Waals surface area contributed by atoms with Gasteiger partial charge in [0.1, 0.15) is 0 Å². The molecule has 3 aromatic carbocycles. The molecule has 0 radical (unpaired) electrons. The summed E-state index contributed by atoms with van der Waals surface area (Å²) in [4.78, 5) is 0. The Morgan fingerprint density at radius 1 is 0.583 bits per heavy atom. The molecule has 1 nitrogen and oxygen atoms in total. The number of benzene rings is 3. The zero-order chi connectivity index (χ0) is 17.0. The van der Waals surface area contributed by atoms with Crippen molar-refractivity contribution in [3.63, 3.8) is 0 Å². The van der Waals surface area contributed by atoms with Crippen molar-refractivity contribution in [2.75, 3.05) is 0 Å². The highest BCUT2D eigenvalue weighted by molar-refractivity contribution is 7.26. The predicted molar refractivity (Wildman–Crippen MR) is 108 cm³/mol. The van der Waals surface area contributed by atoms with Crippen molar-refractivity contribution in [2.24, 2.45) is 0 Å². The summed E-state index contributed by atoms with van der Waals surface area (Å²) in [6.45, 7) is 4.31. The minimum Gasteiger partial charge on any atom is -0.434 e. The topological polar surface area (TPSA) is 9.23 Å². The molecule has 1 atom stereocenters. The van der Waals surface area contributed by atoms with E-state index in [1.54, 1.807) is 0 Å². The molecule has 24 heavy (non-hydrogen) atoms. The average Bonchev–Trinajstić information content (AvgIpc) is 2.63. The first-order valence-corrected chi connectivity index (χ1v) is 13.9. The molecule has 3 aromatic rings. The number of hydrogen-bond acceptors (Lipinski definition) is 1. The van der Waals surface area contributed by atoms with Crippen molar-refractivity contribution in [3.8, 4) is 0 Å². The van der Waals surface area contributed by atoms with E-state index < -0.39 is 15.9 Å². The number of hydrogen-bond donors (Lipinski definition) is 0. The molecule has 122 valence electrons. The number of halogens is 1. The standard InChI is InChI=1S/C20H21ClOSi2/c1-23(18-12-6-3-7-13-18,19-14-8-4-9-15-19)22-24(2,21)20-16-10-5-11-17-20/h3-17H,1-2H3. The van der Waals surface area contributed by atoms with E-state index in [1.165, 1.54) is 10.4 Å². The van der Waals surface area contributed by atoms with Crippen LogP contribution in [0.15, 0.2) is 91.0 Å². The van der Waals surface area contributed by atoms with Crippen molar-refractivity contribution >= 4 is 42.6 Å². The maximum Gasteiger partial charge on any atom is 0.309 e. The van der Waals surface area contributed by atoms with E-state index in [1.807, 2.05) is 30.3 Å². The van der Waals surface area contributed by atoms with E-state index in [-0.39, 0.29) is 0 Å². The predicted octanol–water partition coefficient (Wildman–Crippen LogP) is 3.61. The average molecular weight is 369 g/mol. The SMILES string of the molecule is C[Si](Cl)(O[Si](C)(c1ccccc1)c1ccccc1)c1ccccc1. The van der Waals surface area contributed by atoms with Crippen molar-refractivity contribution in [1.29, 1.82) is 0 Å². The van der Waals surface area contributed by atoms with Gasteiger partial charge in [0.05, 0.1) is 0 Å². The van der Waals surface area contributed by atoms with Gasteiger partial charge in [0.15, 0.2) is 0 Å². The first kappa shape index (κ1) is 17.2. The third kappa shape index (κ3) is 3.54. The van der Waals surface area contributed by atoms with Gasteiger partial charge in [0.2, 0.25) is 8.32 Å². The molecule has 0 saturated carbocycles. The summed E-state index contributed by atoms with van der Waals surface area (Å²) in [7, 11) is -4.94. The first-order chi connectivity index (χ1) is 11.5. The minimum atomic E-state index is -2.55. The Balaban J connectivity index is 2.06. The number of rotatable bonds is 5. The smallest absolute Gasteiger partial charge is 0.309 e. The fourth-order valence-corrected chi connectivity index (χ4v) is 12.0. The summed E-state index contributed by atoms with van der Waals surface area (Å²) in [5.74, 6) is 0. The van der Waals surface area contributed by atoms with Gasteiger partial charge in [-0.3, -0.25) is 0 Å². The van der Waals surface area contributed by atoms with Gasteiger partial charge in [0.25, 0.3) is 0 Å². The van der Waals surface area contributed by atoms with Crippen LogP contribution in [0.2, 0.25) is 13.1 Å². The van der Waals surface area contributed by atoms with Gasteiger partial charge in [-0.05, 0) is 28.7 Å². The van der Waals surface area contributed by atoms with Crippen LogP contribution in [0.3, 0.4) is 0 Å². The Morgan fingerprint density at radius 2 is 0.917 bits per heavy atom. The summed E-state index contributed by atoms with van der Waals surface area (Å²) in [6, 6.07) is 31.2. The van der Waals surface area contributed by atoms with E-state index in [0.29, 0.717) is 0 Å². The minimum absolute atomic E-state index is 1.11. The molecule has 0 spiro atoms. The molecule has 0 bridgehead atoms. The fourth-order valence-electron chi connectivity index (χ4n) is 2.98. The highest BCUT2D eigenvalue weighted by Crippen LogP contribution is 2.19. The Kier molecular flexibility index (Phi) is 5.06. The molecule has 0 amide bonds. The zero-order valence-electron chi connectivity index (χ0n) is 13.9. The lowest BCUT2D eigenvalue weighted by Gasteiger charge is -2.35. The van der Waals surface area contributed by atoms with Crippen LogP contribution >= 0.6 is 11.1 Å². The Hall–Kier alpha value is -1.66. The largest absolute Gasteiger partial charge is 0.434 e. The third-order valence-electron chi connectivity index (χ3n) is 4.33. The molecule has 0 aliphatic carbocycles. The van der Waals surface area contributed by atoms with Gasteiger partial charge in [-0.1, -0.05) is 91.0 Å². The molecule has 0 heterocycles. The van der Waals surface area contributed by atoms with Gasteiger partial charge in [-0.25, -0.2) is 0 Å². The quantitative estimate of drug-likeness (QED) is 0.493. The Morgan fingerprint density at radius 3 is 1.29 bits per heavy atom. The fraction of sp³-hybridized carbons (Fsp3) is 0.100. The van der Waals surface area contributed by atoms with Crippen LogP contribution in [0.5, 0.6) is 0 Å². The van der Waals surface area contributed by atoms with E-state index in [2.05, 4.69) is 73.8 Å². The molecular weight excluding hydrogens is 348 g/mol. The van der Waals surface area contributed by atoms with Gasteiger partial charge >= 0.3 is 7.63 Å². The zero-order valence-corrected chi connectivity index (χ0v) is 16.7. The molecule has 0 aliphatic rings. The maximum atomic E-state index is 7.00. The second kappa shape index (κ2) is 7.07. The summed E-state index contributed by atoms with van der Waals surface area (Å²) in [6.07, 6.45) is 0. The molecule has 3 rings (SSSR count). The summed E-state index contributed by atoms with van der Waals surface area (Å²) >= 11 is 7.00. The molecule has 0 saturated heterocycles. The van der Waals surface area contributed by atoms with Crippen LogP contribution in [0.4, 0.5) is 0 Å². The van der Waals surface area contributed by atoms with Gasteiger partial charge in [-0.2, -0.15) is 0 Å². The van der Waals surface area contributed by atoms with Crippen LogP contribution < -0.4 is 15.6 Å². The second-order valence-corrected chi connectivity index (χ2v) is 14.8. The monoisotopic (exact) mass is 368 g/mol. The van der Waals surface area contributed by atoms with E-state index in [4.69, 9.17) is 15.2 Å². The van der Waals surface area contributed by atoms with Crippen LogP contribution in [0, 0.1) is 0 Å². The third-order valence-corrected chi connectivity index (χ3v) is 13.1. The van der Waals surface area contributed by atoms with E-state index >= 15 is 0 Å². The highest BCUT2D eigenvalue weighted by Gasteiger charge is 2.42. The lowest BCUT2D eigenvalue weighted by molar-refractivity contribution is 0.595. The molecular formula is C20H21ClOSi2. The van der Waals surface area contributed by atoms with E-state index in [0.717, 1.165) is 5.19 Å². The van der Waals surface area contributed by atoms with Crippen molar-refractivity contribution in [2.45, 2.75) is 13.1 Å². The van der Waals surface area contributed by atoms with Gasteiger partial charge in [0, 0.05) is 0 Å². The summed E-state index contributed by atoms with van der Waals surface area (Å²) < 4.78 is 6.83. The molecule has 0 N–H and O–H groups in total. The lowest BCUT2D eigenvalue weighted by atomic mass is 10.4. The Labute approximate surface area is 150 Å². The first-order valence-electron chi connectivity index (χ1n) is 8.08. The van der Waals surface area contributed by atoms with Crippen molar-refractivity contribution in [1.82, 2.24) is 0 Å². The van der Waals surface area contributed by atoms with Gasteiger partial charge < -0.3 is 4.12 Å². The molecule has 0 aromatic heterocycles. The molecule has 1 unspecified atom stereocenters. The van der Waals surface area contributed by atoms with Crippen LogP contribution in [0.25, 0.3) is 0 Å². The second-order valence-electron chi connectivity index (χ2n) is 6.15.